The van der Waals surface area contributed by atoms with Gasteiger partial charge in [0.05, 0.1) is 25.5 Å². The van der Waals surface area contributed by atoms with Gasteiger partial charge in [0.15, 0.2) is 16.3 Å². The second kappa shape index (κ2) is 9.74. The number of nitrogens with zero attached hydrogens (tertiary/aromatic N) is 8. The highest BCUT2D eigenvalue weighted by molar-refractivity contribution is 7.98. The van der Waals surface area contributed by atoms with E-state index in [2.05, 4.69) is 15.0 Å². The maximum absolute atomic E-state index is 13.2. The summed E-state index contributed by atoms with van der Waals surface area (Å²) in [5, 5.41) is 0.582. The van der Waals surface area contributed by atoms with Crippen LogP contribution in [0.3, 0.4) is 0 Å². The molecule has 0 bridgehead atoms. The van der Waals surface area contributed by atoms with Gasteiger partial charge in [-0.3, -0.25) is 13.9 Å². The zero-order valence-corrected chi connectivity index (χ0v) is 21.2. The third-order valence-electron chi connectivity index (χ3n) is 6.21. The number of hydrogen-bond donors (Lipinski definition) is 1. The molecule has 36 heavy (non-hydrogen) atoms. The Kier molecular flexibility index (Phi) is 6.49. The SMILES string of the molecule is Cc1ccccc1Cn1c(SCc2nc(N)nc(N3CCOCC3)n2)nc2c1c(=O)n(C)c(=O)n2C. The van der Waals surface area contributed by atoms with Crippen molar-refractivity contribution in [3.8, 4) is 0 Å². The van der Waals surface area contributed by atoms with Gasteiger partial charge in [0.25, 0.3) is 5.56 Å². The minimum absolute atomic E-state index is 0.145. The molecule has 3 aromatic heterocycles. The van der Waals surface area contributed by atoms with E-state index in [1.807, 2.05) is 40.7 Å². The lowest BCUT2D eigenvalue weighted by Crippen LogP contribution is -2.37. The molecule has 188 valence electrons. The van der Waals surface area contributed by atoms with Gasteiger partial charge in [0, 0.05) is 27.2 Å². The molecule has 1 saturated heterocycles. The molecule has 0 amide bonds. The van der Waals surface area contributed by atoms with Gasteiger partial charge in [0.1, 0.15) is 5.82 Å². The van der Waals surface area contributed by atoms with Gasteiger partial charge in [0.2, 0.25) is 11.9 Å². The highest BCUT2D eigenvalue weighted by Crippen LogP contribution is 2.26. The number of fused-ring (bicyclic) bond motifs is 1. The van der Waals surface area contributed by atoms with Gasteiger partial charge in [-0.25, -0.2) is 9.78 Å². The molecule has 0 unspecified atom stereocenters. The number of hydrogen-bond acceptors (Lipinski definition) is 10. The largest absolute Gasteiger partial charge is 0.378 e. The molecule has 0 saturated carbocycles. The molecule has 0 aliphatic carbocycles. The fraction of sp³-hybridized carbons (Fsp3) is 0.391. The van der Waals surface area contributed by atoms with Gasteiger partial charge in [-0.15, -0.1) is 0 Å². The molecule has 1 aliphatic heterocycles. The molecule has 1 fully saturated rings. The van der Waals surface area contributed by atoms with E-state index >= 15 is 0 Å². The smallest absolute Gasteiger partial charge is 0.332 e. The van der Waals surface area contributed by atoms with Crippen LogP contribution in [0.5, 0.6) is 0 Å². The lowest BCUT2D eigenvalue weighted by atomic mass is 10.1. The fourth-order valence-electron chi connectivity index (χ4n) is 4.16. The Morgan fingerprint density at radius 3 is 2.53 bits per heavy atom. The first-order valence-electron chi connectivity index (χ1n) is 11.5. The van der Waals surface area contributed by atoms with Crippen molar-refractivity contribution in [3.63, 3.8) is 0 Å². The third kappa shape index (κ3) is 4.46. The molecule has 12 nitrogen and oxygen atoms in total. The zero-order valence-electron chi connectivity index (χ0n) is 20.3. The summed E-state index contributed by atoms with van der Waals surface area (Å²) >= 11 is 1.38. The molecule has 0 spiro atoms. The number of ether oxygens (including phenoxy) is 1. The normalized spacial score (nSPS) is 14.0. The number of aromatic nitrogens is 7. The topological polar surface area (TPSA) is 139 Å². The van der Waals surface area contributed by atoms with Crippen LogP contribution < -0.4 is 21.9 Å². The standard InChI is InChI=1S/C23H27N9O3S/c1-14-6-4-5-7-15(14)12-32-17-18(29(2)23(34)30(3)19(17)33)27-22(32)36-13-16-25-20(24)28-21(26-16)31-8-10-35-11-9-31/h4-7H,8-13H2,1-3H3,(H2,24,25,26,28). The first-order chi connectivity index (χ1) is 17.3. The Balaban J connectivity index is 1.54. The maximum atomic E-state index is 13.2. The van der Waals surface area contributed by atoms with Crippen LogP contribution in [-0.4, -0.2) is 59.9 Å². The number of imidazole rings is 1. The van der Waals surface area contributed by atoms with Gasteiger partial charge in [-0.1, -0.05) is 36.0 Å². The predicted octanol–water partition coefficient (Wildman–Crippen LogP) is 0.687. The fourth-order valence-corrected chi connectivity index (χ4v) is 5.01. The summed E-state index contributed by atoms with van der Waals surface area (Å²) in [6.45, 7) is 5.02. The van der Waals surface area contributed by atoms with E-state index in [9.17, 15) is 9.59 Å². The Morgan fingerprint density at radius 1 is 1.03 bits per heavy atom. The van der Waals surface area contributed by atoms with Crippen molar-refractivity contribution in [1.82, 2.24) is 33.6 Å². The van der Waals surface area contributed by atoms with E-state index in [0.29, 0.717) is 66.7 Å². The van der Waals surface area contributed by atoms with E-state index in [1.54, 1.807) is 7.05 Å². The highest BCUT2D eigenvalue weighted by Gasteiger charge is 2.21. The van der Waals surface area contributed by atoms with Crippen molar-refractivity contribution >= 4 is 34.8 Å². The van der Waals surface area contributed by atoms with Crippen LogP contribution in [0.25, 0.3) is 11.2 Å². The molecule has 4 aromatic rings. The number of thioether (sulfide) groups is 1. The van der Waals surface area contributed by atoms with Crippen molar-refractivity contribution in [2.45, 2.75) is 24.4 Å². The number of benzene rings is 1. The van der Waals surface area contributed by atoms with Gasteiger partial charge >= 0.3 is 5.69 Å². The van der Waals surface area contributed by atoms with Crippen LogP contribution in [-0.2, 0) is 31.1 Å². The summed E-state index contributed by atoms with van der Waals surface area (Å²) in [6.07, 6.45) is 0. The van der Waals surface area contributed by atoms with Crippen LogP contribution in [0.4, 0.5) is 11.9 Å². The first kappa shape index (κ1) is 24.0. The van der Waals surface area contributed by atoms with Crippen molar-refractivity contribution in [2.75, 3.05) is 36.9 Å². The molecule has 0 atom stereocenters. The highest BCUT2D eigenvalue weighted by atomic mass is 32.2. The molecular weight excluding hydrogens is 482 g/mol. The summed E-state index contributed by atoms with van der Waals surface area (Å²) < 4.78 is 9.77. The average Bonchev–Trinajstić information content (AvgIpc) is 3.24. The quantitative estimate of drug-likeness (QED) is 0.369. The van der Waals surface area contributed by atoms with Crippen molar-refractivity contribution in [2.24, 2.45) is 14.1 Å². The Labute approximate surface area is 210 Å². The number of nitrogen functional groups attached to an aromatic ring is 1. The first-order valence-corrected chi connectivity index (χ1v) is 12.5. The summed E-state index contributed by atoms with van der Waals surface area (Å²) in [4.78, 5) is 45.6. The maximum Gasteiger partial charge on any atom is 0.332 e. The second-order valence-corrected chi connectivity index (χ2v) is 9.53. The molecule has 4 heterocycles. The van der Waals surface area contributed by atoms with E-state index in [-0.39, 0.29) is 11.5 Å². The number of nitrogens with two attached hydrogens (primary N) is 1. The average molecular weight is 510 g/mol. The molecular formula is C23H27N9O3S. The lowest BCUT2D eigenvalue weighted by molar-refractivity contribution is 0.122. The van der Waals surface area contributed by atoms with E-state index in [4.69, 9.17) is 15.5 Å². The minimum atomic E-state index is -0.426. The summed E-state index contributed by atoms with van der Waals surface area (Å²) in [7, 11) is 3.09. The Morgan fingerprint density at radius 2 is 1.78 bits per heavy atom. The third-order valence-corrected chi connectivity index (χ3v) is 7.19. The van der Waals surface area contributed by atoms with Crippen molar-refractivity contribution < 1.29 is 4.74 Å². The van der Waals surface area contributed by atoms with Gasteiger partial charge in [-0.05, 0) is 18.1 Å². The summed E-state index contributed by atoms with van der Waals surface area (Å²) in [5.41, 5.74) is 8.02. The van der Waals surface area contributed by atoms with Crippen molar-refractivity contribution in [3.05, 3.63) is 62.1 Å². The number of rotatable bonds is 6. The van der Waals surface area contributed by atoms with Crippen LogP contribution in [0.1, 0.15) is 17.0 Å². The van der Waals surface area contributed by atoms with Gasteiger partial charge < -0.3 is 19.9 Å². The number of aryl methyl sites for hydroxylation is 2. The second-order valence-electron chi connectivity index (χ2n) is 8.58. The number of morpholine rings is 1. The molecule has 2 N–H and O–H groups in total. The van der Waals surface area contributed by atoms with Crippen molar-refractivity contribution in [1.29, 1.82) is 0 Å². The molecule has 1 aliphatic rings. The monoisotopic (exact) mass is 509 g/mol. The molecule has 13 heteroatoms. The minimum Gasteiger partial charge on any atom is -0.378 e. The van der Waals surface area contributed by atoms with Gasteiger partial charge in [-0.2, -0.15) is 15.0 Å². The summed E-state index contributed by atoms with van der Waals surface area (Å²) in [5.74, 6) is 1.53. The molecule has 0 radical (unpaired) electrons. The van der Waals surface area contributed by atoms with E-state index in [1.165, 1.54) is 23.4 Å². The number of anilines is 2. The van der Waals surface area contributed by atoms with Crippen LogP contribution in [0.15, 0.2) is 39.0 Å². The summed E-state index contributed by atoms with van der Waals surface area (Å²) in [6, 6.07) is 7.97. The molecule has 5 rings (SSSR count). The van der Waals surface area contributed by atoms with Crippen LogP contribution in [0.2, 0.25) is 0 Å². The Hall–Kier alpha value is -3.71. The van der Waals surface area contributed by atoms with Crippen LogP contribution >= 0.6 is 11.8 Å². The molecule has 1 aromatic carbocycles. The van der Waals surface area contributed by atoms with E-state index < -0.39 is 5.69 Å². The Bertz CT molecular complexity index is 1550. The van der Waals surface area contributed by atoms with Crippen LogP contribution in [0, 0.1) is 6.92 Å². The lowest BCUT2D eigenvalue weighted by Gasteiger charge is -2.26. The predicted molar refractivity (Wildman–Crippen MR) is 137 cm³/mol. The zero-order chi connectivity index (χ0) is 25.4. The van der Waals surface area contributed by atoms with E-state index in [0.717, 1.165) is 15.7 Å².